The molecule has 1 amide bonds. The van der Waals surface area contributed by atoms with Crippen LogP contribution in [0.15, 0.2) is 16.6 Å². The largest absolute Gasteiger partial charge is 0.506 e. The highest BCUT2D eigenvalue weighted by molar-refractivity contribution is 7.11. The van der Waals surface area contributed by atoms with Crippen molar-refractivity contribution >= 4 is 35.2 Å². The number of aliphatic hydroxyl groups excluding tert-OH is 1. The van der Waals surface area contributed by atoms with Crippen molar-refractivity contribution < 1.29 is 9.90 Å². The average Bonchev–Trinajstić information content (AvgIpc) is 2.71. The number of nitrogens with zero attached hydrogens (tertiary/aromatic N) is 3. The highest BCUT2D eigenvalue weighted by Gasteiger charge is 2.15. The van der Waals surface area contributed by atoms with Gasteiger partial charge in [0.15, 0.2) is 5.82 Å². The van der Waals surface area contributed by atoms with Gasteiger partial charge in [-0.2, -0.15) is 0 Å². The molecule has 6 nitrogen and oxygen atoms in total. The summed E-state index contributed by atoms with van der Waals surface area (Å²) in [6.45, 7) is 5.61. The first-order valence-corrected chi connectivity index (χ1v) is 6.94. The smallest absolute Gasteiger partial charge is 0.248 e. The molecule has 7 heteroatoms. The van der Waals surface area contributed by atoms with Gasteiger partial charge in [0.2, 0.25) is 5.91 Å². The summed E-state index contributed by atoms with van der Waals surface area (Å²) in [7, 11) is 3.67. The number of hydrogen-bond acceptors (Lipinski definition) is 5. The van der Waals surface area contributed by atoms with Crippen molar-refractivity contribution in [3.63, 3.8) is 0 Å². The van der Waals surface area contributed by atoms with Gasteiger partial charge in [-0.05, 0) is 20.8 Å². The Hall–Kier alpha value is -1.89. The minimum Gasteiger partial charge on any atom is -0.506 e. The van der Waals surface area contributed by atoms with E-state index >= 15 is 0 Å². The summed E-state index contributed by atoms with van der Waals surface area (Å²) in [5, 5.41) is 12.7. The highest BCUT2D eigenvalue weighted by atomic mass is 32.1. The van der Waals surface area contributed by atoms with Crippen LogP contribution < -0.4 is 5.32 Å². The van der Waals surface area contributed by atoms with E-state index in [4.69, 9.17) is 0 Å². The second kappa shape index (κ2) is 6.51. The van der Waals surface area contributed by atoms with Crippen LogP contribution in [-0.2, 0) is 4.79 Å². The molecule has 0 saturated heterocycles. The van der Waals surface area contributed by atoms with Gasteiger partial charge in [0.1, 0.15) is 10.6 Å². The summed E-state index contributed by atoms with van der Waals surface area (Å²) in [5.74, 6) is -0.105. The molecule has 0 unspecified atom stereocenters. The monoisotopic (exact) mass is 296 g/mol. The molecule has 20 heavy (non-hydrogen) atoms. The fourth-order valence-electron chi connectivity index (χ4n) is 1.27. The molecule has 0 fully saturated rings. The van der Waals surface area contributed by atoms with Crippen LogP contribution in [0.3, 0.4) is 0 Å². The lowest BCUT2D eigenvalue weighted by Gasteiger charge is -2.19. The van der Waals surface area contributed by atoms with Crippen molar-refractivity contribution in [3.8, 4) is 0 Å². The van der Waals surface area contributed by atoms with E-state index in [-0.39, 0.29) is 17.2 Å². The van der Waals surface area contributed by atoms with Crippen LogP contribution in [0.1, 0.15) is 25.6 Å². The Morgan fingerprint density at radius 2 is 2.15 bits per heavy atom. The van der Waals surface area contributed by atoms with Crippen molar-refractivity contribution in [1.82, 2.24) is 15.2 Å². The Morgan fingerprint density at radius 1 is 1.50 bits per heavy atom. The number of amides is 1. The van der Waals surface area contributed by atoms with Crippen molar-refractivity contribution in [2.45, 2.75) is 26.3 Å². The normalized spacial score (nSPS) is 12.8. The number of rotatable bonds is 4. The summed E-state index contributed by atoms with van der Waals surface area (Å²) in [4.78, 5) is 22.1. The maximum absolute atomic E-state index is 11.7. The molecule has 1 aromatic heterocycles. The Kier molecular flexibility index (Phi) is 5.26. The molecule has 0 aromatic carbocycles. The van der Waals surface area contributed by atoms with Gasteiger partial charge in [0, 0.05) is 25.7 Å². The first kappa shape index (κ1) is 16.2. The lowest BCUT2D eigenvalue weighted by Crippen LogP contribution is -2.39. The van der Waals surface area contributed by atoms with Gasteiger partial charge in [-0.3, -0.25) is 4.79 Å². The van der Waals surface area contributed by atoms with E-state index in [2.05, 4.69) is 15.3 Å². The zero-order valence-electron chi connectivity index (χ0n) is 12.3. The lowest BCUT2D eigenvalue weighted by atomic mass is 10.1. The van der Waals surface area contributed by atoms with Crippen molar-refractivity contribution in [2.75, 3.05) is 14.1 Å². The van der Waals surface area contributed by atoms with Crippen LogP contribution in [0.4, 0.5) is 5.82 Å². The van der Waals surface area contributed by atoms with Crippen molar-refractivity contribution in [3.05, 3.63) is 16.5 Å². The summed E-state index contributed by atoms with van der Waals surface area (Å²) in [6.07, 6.45) is 2.73. The van der Waals surface area contributed by atoms with Gasteiger partial charge in [-0.15, -0.1) is 11.3 Å². The van der Waals surface area contributed by atoms with E-state index in [9.17, 15) is 9.90 Å². The Labute approximate surface area is 122 Å². The number of aliphatic hydroxyl groups is 1. The third-order valence-electron chi connectivity index (χ3n) is 1.96. The SMILES string of the molecule is CN(C)C=Nc1ncsc1/C(O)=C/C(=O)NC(C)(C)C. The molecule has 0 bridgehead atoms. The van der Waals surface area contributed by atoms with E-state index in [1.165, 1.54) is 11.3 Å². The standard InChI is InChI=1S/C13H20N4O2S/c1-13(2,3)16-10(19)6-9(18)11-12(15-8-20-11)14-7-17(4)5/h6-8,18H,1-5H3,(H,16,19)/b9-6-,14-7?. The molecule has 0 aliphatic carbocycles. The number of carbonyl (C=O) groups excluding carboxylic acids is 1. The van der Waals surface area contributed by atoms with E-state index in [1.54, 1.807) is 16.7 Å². The number of nitrogens with one attached hydrogen (secondary N) is 1. The molecule has 0 spiro atoms. The Bertz CT molecular complexity index is 527. The van der Waals surface area contributed by atoms with Gasteiger partial charge in [0.25, 0.3) is 0 Å². The molecule has 1 rings (SSSR count). The molecule has 0 atom stereocenters. The lowest BCUT2D eigenvalue weighted by molar-refractivity contribution is -0.117. The number of aromatic nitrogens is 1. The first-order chi connectivity index (χ1) is 9.19. The summed E-state index contributed by atoms with van der Waals surface area (Å²) >= 11 is 1.23. The Balaban J connectivity index is 2.90. The number of hydrogen-bond donors (Lipinski definition) is 2. The average molecular weight is 296 g/mol. The maximum atomic E-state index is 11.7. The third-order valence-corrected chi connectivity index (χ3v) is 2.80. The molecular weight excluding hydrogens is 276 g/mol. The van der Waals surface area contributed by atoms with E-state index in [0.717, 1.165) is 6.08 Å². The van der Waals surface area contributed by atoms with Gasteiger partial charge in [0.05, 0.1) is 11.8 Å². The van der Waals surface area contributed by atoms with Crippen molar-refractivity contribution in [2.24, 2.45) is 4.99 Å². The van der Waals surface area contributed by atoms with E-state index in [0.29, 0.717) is 10.7 Å². The molecule has 0 aliphatic heterocycles. The summed E-state index contributed by atoms with van der Waals surface area (Å²) in [6, 6.07) is 0. The van der Waals surface area contributed by atoms with Crippen LogP contribution >= 0.6 is 11.3 Å². The predicted octanol–water partition coefficient (Wildman–Crippen LogP) is 2.18. The van der Waals surface area contributed by atoms with Crippen LogP contribution in [-0.4, -0.2) is 46.9 Å². The van der Waals surface area contributed by atoms with Crippen LogP contribution in [0, 0.1) is 0 Å². The highest BCUT2D eigenvalue weighted by Crippen LogP contribution is 2.27. The molecule has 2 N–H and O–H groups in total. The van der Waals surface area contributed by atoms with Crippen LogP contribution in [0.25, 0.3) is 5.76 Å². The number of aliphatic imine (C=N–C) groups is 1. The topological polar surface area (TPSA) is 77.8 Å². The minimum atomic E-state index is -0.356. The van der Waals surface area contributed by atoms with Gasteiger partial charge >= 0.3 is 0 Å². The zero-order valence-corrected chi connectivity index (χ0v) is 13.2. The molecule has 1 heterocycles. The van der Waals surface area contributed by atoms with Crippen LogP contribution in [0.2, 0.25) is 0 Å². The predicted molar refractivity (Wildman–Crippen MR) is 82.5 cm³/mol. The molecule has 0 aliphatic rings. The fourth-order valence-corrected chi connectivity index (χ4v) is 1.92. The first-order valence-electron chi connectivity index (χ1n) is 6.06. The van der Waals surface area contributed by atoms with Crippen molar-refractivity contribution in [1.29, 1.82) is 0 Å². The summed E-state index contributed by atoms with van der Waals surface area (Å²) < 4.78 is 0. The second-order valence-electron chi connectivity index (χ2n) is 5.48. The van der Waals surface area contributed by atoms with Gasteiger partial charge < -0.3 is 15.3 Å². The van der Waals surface area contributed by atoms with Gasteiger partial charge in [-0.25, -0.2) is 9.98 Å². The molecule has 0 radical (unpaired) electrons. The number of thiazole rings is 1. The minimum absolute atomic E-state index is 0.139. The van der Waals surface area contributed by atoms with E-state index < -0.39 is 0 Å². The number of carbonyl (C=O) groups is 1. The van der Waals surface area contributed by atoms with Gasteiger partial charge in [-0.1, -0.05) is 0 Å². The second-order valence-corrected chi connectivity index (χ2v) is 6.34. The molecular formula is C13H20N4O2S. The molecule has 1 aromatic rings. The zero-order chi connectivity index (χ0) is 15.3. The van der Waals surface area contributed by atoms with E-state index in [1.807, 2.05) is 34.9 Å². The maximum Gasteiger partial charge on any atom is 0.248 e. The molecule has 110 valence electrons. The molecule has 0 saturated carbocycles. The summed E-state index contributed by atoms with van der Waals surface area (Å²) in [5.41, 5.74) is 1.22. The third kappa shape index (κ3) is 5.40. The van der Waals surface area contributed by atoms with Crippen LogP contribution in [0.5, 0.6) is 0 Å². The quantitative estimate of drug-likeness (QED) is 0.386. The Morgan fingerprint density at radius 3 is 2.70 bits per heavy atom. The fraction of sp³-hybridized carbons (Fsp3) is 0.462.